The van der Waals surface area contributed by atoms with Crippen molar-refractivity contribution in [2.24, 2.45) is 5.92 Å². The van der Waals surface area contributed by atoms with Crippen molar-refractivity contribution in [3.63, 3.8) is 0 Å². The number of fused-ring (bicyclic) bond motifs is 3. The van der Waals surface area contributed by atoms with E-state index in [1.165, 1.54) is 22.7 Å². The number of aryl methyl sites for hydroxylation is 1. The van der Waals surface area contributed by atoms with Crippen LogP contribution in [0.3, 0.4) is 0 Å². The van der Waals surface area contributed by atoms with Crippen LogP contribution in [0.5, 0.6) is 0 Å². The predicted octanol–water partition coefficient (Wildman–Crippen LogP) is 3.39. The summed E-state index contributed by atoms with van der Waals surface area (Å²) in [4.78, 5) is 26.2. The molecule has 0 radical (unpaired) electrons. The maximum Gasteiger partial charge on any atom is 0.348 e. The Kier molecular flexibility index (Phi) is 6.32. The molecule has 10 heteroatoms. The highest BCUT2D eigenvalue weighted by Gasteiger charge is 2.51. The van der Waals surface area contributed by atoms with Gasteiger partial charge in [-0.3, -0.25) is 4.79 Å². The normalized spacial score (nSPS) is 24.2. The van der Waals surface area contributed by atoms with E-state index < -0.39 is 11.6 Å². The number of carbonyl (C=O) groups excluding carboxylic acids is 2. The zero-order chi connectivity index (χ0) is 23.8. The summed E-state index contributed by atoms with van der Waals surface area (Å²) in [6.07, 6.45) is 2.13. The van der Waals surface area contributed by atoms with Crippen LogP contribution in [0.1, 0.15) is 36.7 Å². The van der Waals surface area contributed by atoms with Gasteiger partial charge in [0, 0.05) is 42.4 Å². The number of piperidine rings is 3. The number of nitrogens with zero attached hydrogens (tertiary/aromatic N) is 2. The standard InChI is InChI=1S/C24H27N3O5S2/c1-2-19-11-21(26-32-19)25-22(28)13-27-7-3-16(4-8-27)20(12-27)31-23(29)24(30,17-5-9-33-14-17)18-6-10-34-15-18/h5-6,9-11,14-16,20,30H,2-4,7-8,12-13H2,1H3/p+1/t16?,20-,27?/m0/s1. The number of hydrogen-bond acceptors (Lipinski definition) is 8. The summed E-state index contributed by atoms with van der Waals surface area (Å²) in [6, 6.07) is 5.25. The number of quaternary nitrogens is 1. The second-order valence-corrected chi connectivity index (χ2v) is 10.8. The molecule has 1 atom stereocenters. The molecule has 6 heterocycles. The van der Waals surface area contributed by atoms with E-state index in [1.54, 1.807) is 29.0 Å². The first kappa shape index (κ1) is 23.2. The second-order valence-electron chi connectivity index (χ2n) is 9.23. The summed E-state index contributed by atoms with van der Waals surface area (Å²) < 4.78 is 11.8. The van der Waals surface area contributed by atoms with Crippen LogP contribution in [0.2, 0.25) is 0 Å². The molecule has 3 aliphatic heterocycles. The van der Waals surface area contributed by atoms with Gasteiger partial charge >= 0.3 is 5.97 Å². The molecular formula is C24H28N3O5S2+. The maximum absolute atomic E-state index is 13.4. The van der Waals surface area contributed by atoms with Crippen LogP contribution in [-0.4, -0.2) is 58.9 Å². The number of nitrogens with one attached hydrogen (secondary N) is 1. The molecule has 34 heavy (non-hydrogen) atoms. The van der Waals surface area contributed by atoms with Gasteiger partial charge in [0.05, 0.1) is 13.1 Å². The third-order valence-corrected chi connectivity index (χ3v) is 8.49. The molecule has 0 aliphatic carbocycles. The summed E-state index contributed by atoms with van der Waals surface area (Å²) in [5, 5.41) is 25.5. The van der Waals surface area contributed by atoms with Crippen LogP contribution < -0.4 is 5.32 Å². The number of amides is 1. The maximum atomic E-state index is 13.4. The SMILES string of the molecule is CCc1cc(NC(=O)C[N+]23CCC(CC2)[C@@H](OC(=O)C(O)(c2ccsc2)c2ccsc2)C3)no1. The molecule has 3 saturated heterocycles. The number of carbonyl (C=O) groups is 2. The van der Waals surface area contributed by atoms with Crippen LogP contribution >= 0.6 is 22.7 Å². The molecule has 8 nitrogen and oxygen atoms in total. The molecule has 6 rings (SSSR count). The van der Waals surface area contributed by atoms with Gasteiger partial charge in [-0.15, -0.1) is 0 Å². The molecule has 0 aromatic carbocycles. The molecule has 0 saturated carbocycles. The van der Waals surface area contributed by atoms with Crippen LogP contribution in [0.25, 0.3) is 0 Å². The quantitative estimate of drug-likeness (QED) is 0.362. The smallest absolute Gasteiger partial charge is 0.348 e. The van der Waals surface area contributed by atoms with Gasteiger partial charge in [-0.1, -0.05) is 12.1 Å². The van der Waals surface area contributed by atoms with Crippen LogP contribution in [-0.2, 0) is 26.3 Å². The summed E-state index contributed by atoms with van der Waals surface area (Å²) in [5.74, 6) is 0.599. The first-order valence-corrected chi connectivity index (χ1v) is 13.4. The summed E-state index contributed by atoms with van der Waals surface area (Å²) >= 11 is 2.85. The molecular weight excluding hydrogens is 474 g/mol. The van der Waals surface area contributed by atoms with Crippen LogP contribution in [0.15, 0.2) is 44.2 Å². The zero-order valence-electron chi connectivity index (χ0n) is 18.9. The Balaban J connectivity index is 1.29. The lowest BCUT2D eigenvalue weighted by atomic mass is 9.82. The van der Waals surface area contributed by atoms with Crippen molar-refractivity contribution in [1.82, 2.24) is 5.16 Å². The Morgan fingerprint density at radius 3 is 2.47 bits per heavy atom. The van der Waals surface area contributed by atoms with Gasteiger partial charge in [0.1, 0.15) is 12.3 Å². The largest absolute Gasteiger partial charge is 0.453 e. The second kappa shape index (κ2) is 9.26. The monoisotopic (exact) mass is 502 g/mol. The fraction of sp³-hybridized carbons (Fsp3) is 0.458. The molecule has 180 valence electrons. The molecule has 2 N–H and O–H groups in total. The van der Waals surface area contributed by atoms with Crippen molar-refractivity contribution < 1.29 is 28.4 Å². The predicted molar refractivity (Wildman–Crippen MR) is 128 cm³/mol. The summed E-state index contributed by atoms with van der Waals surface area (Å²) in [6.45, 7) is 4.54. The molecule has 3 aromatic heterocycles. The van der Waals surface area contributed by atoms with Gasteiger partial charge in [0.2, 0.25) is 5.60 Å². The molecule has 1 amide bonds. The lowest BCUT2D eigenvalue weighted by Crippen LogP contribution is -2.66. The number of aliphatic hydroxyl groups is 1. The van der Waals surface area contributed by atoms with E-state index >= 15 is 0 Å². The number of rotatable bonds is 8. The topological polar surface area (TPSA) is 102 Å². The van der Waals surface area contributed by atoms with E-state index in [-0.39, 0.29) is 24.5 Å². The number of anilines is 1. The fourth-order valence-corrected chi connectivity index (χ4v) is 6.57. The lowest BCUT2D eigenvalue weighted by molar-refractivity contribution is -0.939. The van der Waals surface area contributed by atoms with Crippen molar-refractivity contribution in [3.8, 4) is 0 Å². The van der Waals surface area contributed by atoms with E-state index in [2.05, 4.69) is 10.5 Å². The average Bonchev–Trinajstić information content (AvgIpc) is 3.62. The van der Waals surface area contributed by atoms with Gasteiger partial charge in [-0.25, -0.2) is 4.79 Å². The van der Waals surface area contributed by atoms with Crippen molar-refractivity contribution >= 4 is 40.4 Å². The van der Waals surface area contributed by atoms with Crippen molar-refractivity contribution in [1.29, 1.82) is 0 Å². The number of hydrogen-bond donors (Lipinski definition) is 2. The Morgan fingerprint density at radius 1 is 1.24 bits per heavy atom. The molecule has 3 fully saturated rings. The van der Waals surface area contributed by atoms with Gasteiger partial charge in [-0.05, 0) is 33.7 Å². The van der Waals surface area contributed by atoms with E-state index in [9.17, 15) is 14.7 Å². The molecule has 3 aliphatic rings. The Hall–Kier alpha value is -2.53. The minimum atomic E-state index is -1.84. The number of aromatic nitrogens is 1. The fourth-order valence-electron chi connectivity index (χ4n) is 5.17. The minimum absolute atomic E-state index is 0.130. The third kappa shape index (κ3) is 4.31. The first-order chi connectivity index (χ1) is 16.4. The van der Waals surface area contributed by atoms with Crippen LogP contribution in [0, 0.1) is 5.92 Å². The minimum Gasteiger partial charge on any atom is -0.453 e. The lowest BCUT2D eigenvalue weighted by Gasteiger charge is -2.51. The zero-order valence-corrected chi connectivity index (χ0v) is 20.6. The number of esters is 1. The molecule has 0 unspecified atom stereocenters. The summed E-state index contributed by atoms with van der Waals surface area (Å²) in [5.41, 5.74) is -0.799. The van der Waals surface area contributed by atoms with Crippen molar-refractivity contribution in [2.45, 2.75) is 37.9 Å². The van der Waals surface area contributed by atoms with Gasteiger partial charge in [-0.2, -0.15) is 22.7 Å². The number of ether oxygens (including phenoxy) is 1. The summed E-state index contributed by atoms with van der Waals surface area (Å²) in [7, 11) is 0. The highest BCUT2D eigenvalue weighted by Crippen LogP contribution is 2.39. The van der Waals surface area contributed by atoms with Gasteiger partial charge in [0.25, 0.3) is 5.91 Å². The third-order valence-electron chi connectivity index (χ3n) is 7.13. The molecule has 3 aromatic rings. The van der Waals surface area contributed by atoms with Gasteiger partial charge < -0.3 is 24.2 Å². The van der Waals surface area contributed by atoms with E-state index in [0.717, 1.165) is 31.7 Å². The van der Waals surface area contributed by atoms with Crippen molar-refractivity contribution in [3.05, 3.63) is 56.6 Å². The van der Waals surface area contributed by atoms with Gasteiger partial charge in [0.15, 0.2) is 18.5 Å². The van der Waals surface area contributed by atoms with Crippen LogP contribution in [0.4, 0.5) is 5.82 Å². The number of thiophene rings is 2. The molecule has 0 spiro atoms. The average molecular weight is 503 g/mol. The first-order valence-electron chi connectivity index (χ1n) is 11.5. The highest BCUT2D eigenvalue weighted by atomic mass is 32.1. The van der Waals surface area contributed by atoms with E-state index in [0.29, 0.717) is 34.4 Å². The molecule has 2 bridgehead atoms. The van der Waals surface area contributed by atoms with E-state index in [1.807, 2.05) is 17.7 Å². The Bertz CT molecular complexity index is 1100. The van der Waals surface area contributed by atoms with E-state index in [4.69, 9.17) is 9.26 Å². The Labute approximate surface area is 205 Å². The highest BCUT2D eigenvalue weighted by molar-refractivity contribution is 7.08. The Morgan fingerprint density at radius 2 is 1.91 bits per heavy atom. The van der Waals surface area contributed by atoms with Crippen molar-refractivity contribution in [2.75, 3.05) is 31.5 Å².